The van der Waals surface area contributed by atoms with Gasteiger partial charge in [0.1, 0.15) is 5.82 Å². The monoisotopic (exact) mass is 503 g/mol. The number of hydrogen-bond donors (Lipinski definition) is 1. The highest BCUT2D eigenvalue weighted by atomic mass is 16.2. The average Bonchev–Trinajstić information content (AvgIpc) is 3.59. The van der Waals surface area contributed by atoms with Crippen LogP contribution >= 0.6 is 0 Å². The number of aromatic amines is 1. The zero-order chi connectivity index (χ0) is 26.5. The maximum absolute atomic E-state index is 14.1. The molecule has 0 saturated heterocycles. The van der Waals surface area contributed by atoms with Gasteiger partial charge in [-0.3, -0.25) is 4.79 Å². The molecule has 5 aromatic rings. The zero-order valence-corrected chi connectivity index (χ0v) is 22.1. The zero-order valence-electron chi connectivity index (χ0n) is 22.1. The third-order valence-electron chi connectivity index (χ3n) is 6.63. The highest BCUT2D eigenvalue weighted by molar-refractivity contribution is 5.94. The van der Waals surface area contributed by atoms with Gasteiger partial charge in [0.25, 0.3) is 5.91 Å². The Kier molecular flexibility index (Phi) is 7.22. The highest BCUT2D eigenvalue weighted by Crippen LogP contribution is 2.40. The van der Waals surface area contributed by atoms with Gasteiger partial charge in [-0.15, -0.1) is 0 Å². The van der Waals surface area contributed by atoms with Gasteiger partial charge in [0.05, 0.1) is 30.3 Å². The molecule has 5 rings (SSSR count). The number of nitrogens with zero attached hydrogens (tertiary/aromatic N) is 4. The molecule has 1 N–H and O–H groups in total. The van der Waals surface area contributed by atoms with E-state index in [1.54, 1.807) is 12.5 Å². The molecule has 0 aliphatic carbocycles. The summed E-state index contributed by atoms with van der Waals surface area (Å²) >= 11 is 0. The SMILES string of the molecule is CC(C)(C)[C@H](c1nc(-c2ccccc2)cn1Cc1ccccc1)N(Cc1cnc[nH]1)C(=O)c1ccccc1. The van der Waals surface area contributed by atoms with E-state index >= 15 is 0 Å². The summed E-state index contributed by atoms with van der Waals surface area (Å²) in [5.41, 5.74) is 4.30. The molecular weight excluding hydrogens is 470 g/mol. The van der Waals surface area contributed by atoms with Crippen molar-refractivity contribution in [3.63, 3.8) is 0 Å². The molecule has 0 fully saturated rings. The van der Waals surface area contributed by atoms with Crippen molar-refractivity contribution in [1.29, 1.82) is 0 Å². The number of hydrogen-bond acceptors (Lipinski definition) is 3. The van der Waals surface area contributed by atoms with Gasteiger partial charge in [-0.25, -0.2) is 9.97 Å². The van der Waals surface area contributed by atoms with E-state index in [1.807, 2.05) is 59.5 Å². The third kappa shape index (κ3) is 5.59. The summed E-state index contributed by atoms with van der Waals surface area (Å²) in [6, 6.07) is 29.7. The minimum absolute atomic E-state index is 0.0457. The Bertz CT molecular complexity index is 1450. The predicted octanol–water partition coefficient (Wildman–Crippen LogP) is 6.75. The van der Waals surface area contributed by atoms with Crippen molar-refractivity contribution >= 4 is 5.91 Å². The summed E-state index contributed by atoms with van der Waals surface area (Å²) in [5.74, 6) is 0.805. The number of aromatic nitrogens is 4. The molecule has 0 spiro atoms. The first-order chi connectivity index (χ1) is 18.4. The van der Waals surface area contributed by atoms with Gasteiger partial charge in [-0.05, 0) is 23.1 Å². The Morgan fingerprint density at radius 1 is 0.921 bits per heavy atom. The fraction of sp³-hybridized carbons (Fsp3) is 0.219. The largest absolute Gasteiger partial charge is 0.347 e. The molecule has 2 heterocycles. The van der Waals surface area contributed by atoms with Crippen LogP contribution in [0, 0.1) is 5.41 Å². The second-order valence-electron chi connectivity index (χ2n) is 10.6. The summed E-state index contributed by atoms with van der Waals surface area (Å²) < 4.78 is 2.20. The van der Waals surface area contributed by atoms with Gasteiger partial charge < -0.3 is 14.5 Å². The maximum atomic E-state index is 14.1. The molecule has 6 heteroatoms. The predicted molar refractivity (Wildman–Crippen MR) is 150 cm³/mol. The summed E-state index contributed by atoms with van der Waals surface area (Å²) in [7, 11) is 0. The molecule has 1 atom stereocenters. The van der Waals surface area contributed by atoms with Crippen LogP contribution in [0.2, 0.25) is 0 Å². The lowest BCUT2D eigenvalue weighted by atomic mass is 9.84. The van der Waals surface area contributed by atoms with Crippen LogP contribution in [-0.4, -0.2) is 30.3 Å². The van der Waals surface area contributed by atoms with Gasteiger partial charge in [0.2, 0.25) is 0 Å². The minimum atomic E-state index is -0.321. The first kappa shape index (κ1) is 25.2. The average molecular weight is 504 g/mol. The Morgan fingerprint density at radius 3 is 2.16 bits per heavy atom. The summed E-state index contributed by atoms with van der Waals surface area (Å²) in [6.07, 6.45) is 5.53. The first-order valence-corrected chi connectivity index (χ1v) is 12.9. The number of imidazole rings is 2. The molecular formula is C32H33N5O. The molecule has 38 heavy (non-hydrogen) atoms. The van der Waals surface area contributed by atoms with E-state index < -0.39 is 0 Å². The fourth-order valence-corrected chi connectivity index (χ4v) is 4.88. The van der Waals surface area contributed by atoms with E-state index in [2.05, 4.69) is 77.9 Å². The molecule has 0 unspecified atom stereocenters. The lowest BCUT2D eigenvalue weighted by molar-refractivity contribution is 0.0452. The first-order valence-electron chi connectivity index (χ1n) is 12.9. The van der Waals surface area contributed by atoms with E-state index in [4.69, 9.17) is 4.98 Å². The molecule has 0 bridgehead atoms. The normalized spacial score (nSPS) is 12.3. The molecule has 6 nitrogen and oxygen atoms in total. The number of amides is 1. The van der Waals surface area contributed by atoms with Gasteiger partial charge in [0.15, 0.2) is 0 Å². The van der Waals surface area contributed by atoms with E-state index in [9.17, 15) is 4.79 Å². The second-order valence-corrected chi connectivity index (χ2v) is 10.6. The second kappa shape index (κ2) is 10.9. The summed E-state index contributed by atoms with van der Waals surface area (Å²) in [6.45, 7) is 7.54. The molecule has 2 aromatic heterocycles. The van der Waals surface area contributed by atoms with Crippen LogP contribution in [-0.2, 0) is 13.1 Å². The van der Waals surface area contributed by atoms with Crippen molar-refractivity contribution in [2.75, 3.05) is 0 Å². The van der Waals surface area contributed by atoms with Crippen LogP contribution < -0.4 is 0 Å². The fourth-order valence-electron chi connectivity index (χ4n) is 4.88. The van der Waals surface area contributed by atoms with Crippen LogP contribution in [0.3, 0.4) is 0 Å². The third-order valence-corrected chi connectivity index (χ3v) is 6.63. The Hall–Kier alpha value is -4.45. The molecule has 192 valence electrons. The Morgan fingerprint density at radius 2 is 1.55 bits per heavy atom. The van der Waals surface area contributed by atoms with Gasteiger partial charge in [-0.1, -0.05) is 99.6 Å². The quantitative estimate of drug-likeness (QED) is 0.255. The summed E-state index contributed by atoms with van der Waals surface area (Å²) in [5, 5.41) is 0. The molecule has 1 amide bonds. The van der Waals surface area contributed by atoms with Crippen molar-refractivity contribution in [3.8, 4) is 11.3 Å². The Labute approximate surface area is 224 Å². The van der Waals surface area contributed by atoms with Crippen molar-refractivity contribution < 1.29 is 4.79 Å². The van der Waals surface area contributed by atoms with Crippen LogP contribution in [0.5, 0.6) is 0 Å². The number of H-pyrrole nitrogens is 1. The van der Waals surface area contributed by atoms with Gasteiger partial charge >= 0.3 is 0 Å². The molecule has 0 radical (unpaired) electrons. The van der Waals surface area contributed by atoms with Crippen molar-refractivity contribution in [2.45, 2.75) is 39.9 Å². The van der Waals surface area contributed by atoms with Crippen molar-refractivity contribution in [2.24, 2.45) is 5.41 Å². The van der Waals surface area contributed by atoms with E-state index in [0.29, 0.717) is 18.7 Å². The standard InChI is InChI=1S/C32H33N5O/c1-32(2,3)29(37(21-27-19-33-23-34-27)31(38)26-17-11-6-12-18-26)30-35-28(25-15-9-5-10-16-25)22-36(30)20-24-13-7-4-8-14-24/h4-19,22-23,29H,20-21H2,1-3H3,(H,33,34)/t29-/m0/s1. The molecule has 0 saturated carbocycles. The molecule has 0 aliphatic heterocycles. The van der Waals surface area contributed by atoms with Crippen LogP contribution in [0.4, 0.5) is 0 Å². The number of benzene rings is 3. The number of carbonyl (C=O) groups is 1. The lowest BCUT2D eigenvalue weighted by Crippen LogP contribution is -2.42. The van der Waals surface area contributed by atoms with Crippen molar-refractivity contribution in [1.82, 2.24) is 24.4 Å². The topological polar surface area (TPSA) is 66.8 Å². The maximum Gasteiger partial charge on any atom is 0.254 e. The van der Waals surface area contributed by atoms with Gasteiger partial charge in [-0.2, -0.15) is 0 Å². The molecule has 0 aliphatic rings. The van der Waals surface area contributed by atoms with E-state index in [-0.39, 0.29) is 17.4 Å². The number of rotatable bonds is 8. The van der Waals surface area contributed by atoms with Crippen LogP contribution in [0.25, 0.3) is 11.3 Å². The van der Waals surface area contributed by atoms with E-state index in [0.717, 1.165) is 22.8 Å². The number of carbonyl (C=O) groups excluding carboxylic acids is 1. The molecule has 3 aromatic carbocycles. The number of nitrogens with one attached hydrogen (secondary N) is 1. The lowest BCUT2D eigenvalue weighted by Gasteiger charge is -2.40. The summed E-state index contributed by atoms with van der Waals surface area (Å²) in [4.78, 5) is 28.7. The van der Waals surface area contributed by atoms with Crippen LogP contribution in [0.1, 0.15) is 54.3 Å². The van der Waals surface area contributed by atoms with Gasteiger partial charge in [0, 0.05) is 30.1 Å². The van der Waals surface area contributed by atoms with Crippen molar-refractivity contribution in [3.05, 3.63) is 132 Å². The smallest absolute Gasteiger partial charge is 0.254 e. The minimum Gasteiger partial charge on any atom is -0.347 e. The highest BCUT2D eigenvalue weighted by Gasteiger charge is 2.39. The van der Waals surface area contributed by atoms with Crippen LogP contribution in [0.15, 0.2) is 110 Å². The van der Waals surface area contributed by atoms with E-state index in [1.165, 1.54) is 5.56 Å². The Balaban J connectivity index is 1.66.